The van der Waals surface area contributed by atoms with Gasteiger partial charge >= 0.3 is 0 Å². The first-order chi connectivity index (χ1) is 7.87. The van der Waals surface area contributed by atoms with E-state index in [9.17, 15) is 14.7 Å². The van der Waals surface area contributed by atoms with Crippen LogP contribution < -0.4 is 11.1 Å². The van der Waals surface area contributed by atoms with Crippen LogP contribution in [0.15, 0.2) is 0 Å². The maximum Gasteiger partial charge on any atom is 0.227 e. The van der Waals surface area contributed by atoms with E-state index in [1.807, 2.05) is 6.26 Å². The minimum absolute atomic E-state index is 0.122. The third-order valence-electron chi connectivity index (χ3n) is 1.84. The van der Waals surface area contributed by atoms with Crippen molar-refractivity contribution in [3.63, 3.8) is 0 Å². The molecule has 0 spiro atoms. The summed E-state index contributed by atoms with van der Waals surface area (Å²) in [6, 6.07) is 0. The highest BCUT2D eigenvalue weighted by molar-refractivity contribution is 7.99. The Balaban J connectivity index is 3.62. The lowest BCUT2D eigenvalue weighted by Crippen LogP contribution is -2.42. The highest BCUT2D eigenvalue weighted by Crippen LogP contribution is 2.09. The van der Waals surface area contributed by atoms with Crippen molar-refractivity contribution in [1.29, 1.82) is 0 Å². The SMILES string of the molecule is CSCC(C)(O)CNC(=O)CCSCC(N)=O. The lowest BCUT2D eigenvalue weighted by molar-refractivity contribution is -0.121. The molecule has 7 heteroatoms. The van der Waals surface area contributed by atoms with Crippen LogP contribution in [0.4, 0.5) is 0 Å². The smallest absolute Gasteiger partial charge is 0.227 e. The zero-order valence-electron chi connectivity index (χ0n) is 10.2. The molecule has 0 aromatic heterocycles. The van der Waals surface area contributed by atoms with E-state index in [2.05, 4.69) is 5.32 Å². The molecule has 1 unspecified atom stereocenters. The van der Waals surface area contributed by atoms with Gasteiger partial charge < -0.3 is 16.2 Å². The Kier molecular flexibility index (Phi) is 8.45. The first kappa shape index (κ1) is 16.6. The second kappa shape index (κ2) is 8.66. The fourth-order valence-electron chi connectivity index (χ4n) is 1.08. The van der Waals surface area contributed by atoms with Gasteiger partial charge in [0.15, 0.2) is 0 Å². The van der Waals surface area contributed by atoms with Crippen LogP contribution in [-0.4, -0.2) is 52.6 Å². The molecule has 0 aromatic carbocycles. The largest absolute Gasteiger partial charge is 0.387 e. The monoisotopic (exact) mass is 280 g/mol. The molecule has 0 heterocycles. The van der Waals surface area contributed by atoms with Crippen molar-refractivity contribution in [2.45, 2.75) is 18.9 Å². The summed E-state index contributed by atoms with van der Waals surface area (Å²) in [7, 11) is 0. The standard InChI is InChI=1S/C10H20N2O3S2/c1-10(15,7-16-2)6-12-9(14)3-4-17-5-8(11)13/h15H,3-7H2,1-2H3,(H2,11,13)(H,12,14). The zero-order valence-corrected chi connectivity index (χ0v) is 11.8. The Morgan fingerprint density at radius 1 is 1.47 bits per heavy atom. The Morgan fingerprint density at radius 2 is 2.12 bits per heavy atom. The van der Waals surface area contributed by atoms with Crippen molar-refractivity contribution in [1.82, 2.24) is 5.32 Å². The number of rotatable bonds is 9. The molecular weight excluding hydrogens is 260 g/mol. The molecule has 2 amide bonds. The highest BCUT2D eigenvalue weighted by Gasteiger charge is 2.20. The van der Waals surface area contributed by atoms with Crippen molar-refractivity contribution in [3.8, 4) is 0 Å². The van der Waals surface area contributed by atoms with Gasteiger partial charge in [-0.1, -0.05) is 0 Å². The molecule has 0 saturated carbocycles. The van der Waals surface area contributed by atoms with Crippen molar-refractivity contribution in [2.75, 3.05) is 30.1 Å². The molecule has 17 heavy (non-hydrogen) atoms. The molecule has 4 N–H and O–H groups in total. The average Bonchev–Trinajstić information content (AvgIpc) is 2.21. The van der Waals surface area contributed by atoms with Crippen molar-refractivity contribution < 1.29 is 14.7 Å². The van der Waals surface area contributed by atoms with E-state index in [0.717, 1.165) is 0 Å². The van der Waals surface area contributed by atoms with Gasteiger partial charge in [-0.2, -0.15) is 23.5 Å². The van der Waals surface area contributed by atoms with Gasteiger partial charge in [-0.05, 0) is 13.2 Å². The van der Waals surface area contributed by atoms with Crippen LogP contribution >= 0.6 is 23.5 Å². The third kappa shape index (κ3) is 10.5. The third-order valence-corrected chi connectivity index (χ3v) is 3.73. The fourth-order valence-corrected chi connectivity index (χ4v) is 2.48. The predicted octanol–water partition coefficient (Wildman–Crippen LogP) is -0.175. The Morgan fingerprint density at radius 3 is 2.65 bits per heavy atom. The van der Waals surface area contributed by atoms with E-state index in [-0.39, 0.29) is 24.1 Å². The van der Waals surface area contributed by atoms with Crippen LogP contribution in [-0.2, 0) is 9.59 Å². The van der Waals surface area contributed by atoms with Gasteiger partial charge in [-0.3, -0.25) is 9.59 Å². The topological polar surface area (TPSA) is 92.4 Å². The lowest BCUT2D eigenvalue weighted by atomic mass is 10.1. The normalized spacial score (nSPS) is 14.1. The number of nitrogens with one attached hydrogen (secondary N) is 1. The van der Waals surface area contributed by atoms with E-state index in [1.165, 1.54) is 23.5 Å². The molecule has 0 aliphatic rings. The van der Waals surface area contributed by atoms with E-state index in [0.29, 0.717) is 17.9 Å². The molecule has 0 fully saturated rings. The number of nitrogens with two attached hydrogens (primary N) is 1. The summed E-state index contributed by atoms with van der Waals surface area (Å²) in [5.41, 5.74) is 4.08. The lowest BCUT2D eigenvalue weighted by Gasteiger charge is -2.22. The summed E-state index contributed by atoms with van der Waals surface area (Å²) in [6.45, 7) is 1.93. The molecule has 0 bridgehead atoms. The second-order valence-electron chi connectivity index (χ2n) is 3.98. The second-order valence-corrected chi connectivity index (χ2v) is 5.95. The average molecular weight is 280 g/mol. The number of aliphatic hydroxyl groups is 1. The summed E-state index contributed by atoms with van der Waals surface area (Å²) in [5.74, 6) is 0.863. The fraction of sp³-hybridized carbons (Fsp3) is 0.800. The molecule has 0 radical (unpaired) electrons. The molecule has 0 aromatic rings. The maximum atomic E-state index is 11.4. The number of amides is 2. The summed E-state index contributed by atoms with van der Waals surface area (Å²) in [6.07, 6.45) is 2.23. The number of thioether (sulfide) groups is 2. The first-order valence-corrected chi connectivity index (χ1v) is 7.76. The van der Waals surface area contributed by atoms with Gasteiger partial charge in [0, 0.05) is 24.5 Å². The summed E-state index contributed by atoms with van der Waals surface area (Å²) >= 11 is 2.86. The van der Waals surface area contributed by atoms with Gasteiger partial charge in [-0.15, -0.1) is 0 Å². The van der Waals surface area contributed by atoms with Gasteiger partial charge in [0.2, 0.25) is 11.8 Å². The van der Waals surface area contributed by atoms with Crippen LogP contribution in [0.2, 0.25) is 0 Å². The minimum atomic E-state index is -0.880. The van der Waals surface area contributed by atoms with Crippen LogP contribution in [0, 0.1) is 0 Å². The van der Waals surface area contributed by atoms with Crippen LogP contribution in [0.3, 0.4) is 0 Å². The quantitative estimate of drug-likeness (QED) is 0.510. The molecule has 100 valence electrons. The zero-order chi connectivity index (χ0) is 13.3. The number of primary amides is 1. The molecule has 0 saturated heterocycles. The van der Waals surface area contributed by atoms with E-state index in [4.69, 9.17) is 5.73 Å². The van der Waals surface area contributed by atoms with Crippen molar-refractivity contribution in [3.05, 3.63) is 0 Å². The number of carbonyl (C=O) groups excluding carboxylic acids is 2. The molecule has 1 atom stereocenters. The van der Waals surface area contributed by atoms with Gasteiger partial charge in [0.25, 0.3) is 0 Å². The van der Waals surface area contributed by atoms with Crippen LogP contribution in [0.25, 0.3) is 0 Å². The summed E-state index contributed by atoms with van der Waals surface area (Å²) in [5, 5.41) is 12.5. The minimum Gasteiger partial charge on any atom is -0.387 e. The maximum absolute atomic E-state index is 11.4. The number of carbonyl (C=O) groups is 2. The molecule has 0 aliphatic heterocycles. The van der Waals surface area contributed by atoms with E-state index < -0.39 is 5.60 Å². The van der Waals surface area contributed by atoms with Gasteiger partial charge in [0.05, 0.1) is 11.4 Å². The van der Waals surface area contributed by atoms with Gasteiger partial charge in [0.1, 0.15) is 0 Å². The Labute approximate surface area is 110 Å². The first-order valence-electron chi connectivity index (χ1n) is 5.21. The van der Waals surface area contributed by atoms with Crippen LogP contribution in [0.1, 0.15) is 13.3 Å². The number of hydrogen-bond acceptors (Lipinski definition) is 5. The predicted molar refractivity (Wildman–Crippen MR) is 73.2 cm³/mol. The molecule has 5 nitrogen and oxygen atoms in total. The summed E-state index contributed by atoms with van der Waals surface area (Å²) in [4.78, 5) is 21.8. The van der Waals surface area contributed by atoms with Crippen LogP contribution in [0.5, 0.6) is 0 Å². The molecule has 0 rings (SSSR count). The summed E-state index contributed by atoms with van der Waals surface area (Å²) < 4.78 is 0. The van der Waals surface area contributed by atoms with E-state index >= 15 is 0 Å². The molecule has 0 aliphatic carbocycles. The Hall–Kier alpha value is -0.400. The van der Waals surface area contributed by atoms with Gasteiger partial charge in [-0.25, -0.2) is 0 Å². The number of hydrogen-bond donors (Lipinski definition) is 3. The van der Waals surface area contributed by atoms with Crippen molar-refractivity contribution >= 4 is 35.3 Å². The highest BCUT2D eigenvalue weighted by atomic mass is 32.2. The van der Waals surface area contributed by atoms with Crippen molar-refractivity contribution in [2.24, 2.45) is 5.73 Å². The Bertz CT molecular complexity index is 260. The van der Waals surface area contributed by atoms with E-state index in [1.54, 1.807) is 6.92 Å². The molecular formula is C10H20N2O3S2.